The number of ether oxygens (including phenoxy) is 1. The Labute approximate surface area is 207 Å². The molecule has 35 heavy (non-hydrogen) atoms. The average Bonchev–Trinajstić information content (AvgIpc) is 3.55. The number of benzene rings is 2. The van der Waals surface area contributed by atoms with Crippen molar-refractivity contribution in [3.63, 3.8) is 0 Å². The summed E-state index contributed by atoms with van der Waals surface area (Å²) in [4.78, 5) is 0. The van der Waals surface area contributed by atoms with Gasteiger partial charge in [0.2, 0.25) is 0 Å². The van der Waals surface area contributed by atoms with Gasteiger partial charge in [-0.2, -0.15) is 0 Å². The number of hydrogen-bond donors (Lipinski definition) is 0. The van der Waals surface area contributed by atoms with Crippen LogP contribution in [0.2, 0.25) is 0 Å². The average molecular weight is 471 g/mol. The monoisotopic (exact) mass is 470 g/mol. The van der Waals surface area contributed by atoms with Crippen molar-refractivity contribution < 1.29 is 4.74 Å². The Kier molecular flexibility index (Phi) is 7.83. The molecule has 5 rings (SSSR count). The Hall–Kier alpha value is -3.48. The van der Waals surface area contributed by atoms with Crippen LogP contribution in [0.3, 0.4) is 0 Å². The minimum Gasteiger partial charge on any atom is -0.457 e. The highest BCUT2D eigenvalue weighted by Gasteiger charge is 2.09. The molecule has 1 aliphatic rings. The summed E-state index contributed by atoms with van der Waals surface area (Å²) >= 11 is 0. The molecule has 182 valence electrons. The van der Waals surface area contributed by atoms with Gasteiger partial charge in [-0.1, -0.05) is 86.1 Å². The number of fused-ring (bicyclic) bond motifs is 10. The number of rotatable bonds is 0. The second-order valence-corrected chi connectivity index (χ2v) is 9.43. The van der Waals surface area contributed by atoms with Gasteiger partial charge in [0.05, 0.1) is 12.4 Å². The lowest BCUT2D eigenvalue weighted by Crippen LogP contribution is -1.98. The van der Waals surface area contributed by atoms with E-state index in [9.17, 15) is 0 Å². The summed E-state index contributed by atoms with van der Waals surface area (Å²) in [6.45, 7) is 1.83. The number of hydrogen-bond acceptors (Lipinski definition) is 5. The van der Waals surface area contributed by atoms with Crippen molar-refractivity contribution in [3.05, 3.63) is 60.9 Å². The van der Waals surface area contributed by atoms with Gasteiger partial charge in [0.15, 0.2) is 0 Å². The topological polar surface area (TPSA) is 70.7 Å². The van der Waals surface area contributed by atoms with Crippen LogP contribution in [0.25, 0.3) is 22.5 Å². The molecule has 0 saturated carbocycles. The van der Waals surface area contributed by atoms with E-state index in [2.05, 4.69) is 20.6 Å². The quantitative estimate of drug-likeness (QED) is 0.279. The zero-order valence-electron chi connectivity index (χ0n) is 20.4. The third-order valence-electron chi connectivity index (χ3n) is 6.60. The van der Waals surface area contributed by atoms with Crippen molar-refractivity contribution in [1.29, 1.82) is 0 Å². The standard InChI is InChI=1S/C28H34N6O/c1-2-4-6-8-10-18-34-22-28(30-32-34)24-14-12-16-26(20-24)35-25-15-11-13-23(19-25)27-21-33(31-29-27)17-9-7-5-3-1/h11-16,19-22H,1-10,17-18H2. The highest BCUT2D eigenvalue weighted by Crippen LogP contribution is 2.29. The van der Waals surface area contributed by atoms with Gasteiger partial charge in [0.1, 0.15) is 22.9 Å². The normalized spacial score (nSPS) is 16.0. The van der Waals surface area contributed by atoms with E-state index in [1.807, 2.05) is 70.3 Å². The Morgan fingerprint density at radius 3 is 1.43 bits per heavy atom. The smallest absolute Gasteiger partial charge is 0.128 e. The zero-order valence-corrected chi connectivity index (χ0v) is 20.4. The molecule has 0 amide bonds. The first kappa shape index (κ1) is 23.3. The molecule has 7 heteroatoms. The fourth-order valence-electron chi connectivity index (χ4n) is 4.62. The first-order valence-corrected chi connectivity index (χ1v) is 13.0. The van der Waals surface area contributed by atoms with Crippen LogP contribution in [0.4, 0.5) is 0 Å². The molecule has 0 N–H and O–H groups in total. The number of aromatic nitrogens is 6. The molecule has 3 heterocycles. The second kappa shape index (κ2) is 11.8. The van der Waals surface area contributed by atoms with Gasteiger partial charge in [0, 0.05) is 24.2 Å². The van der Waals surface area contributed by atoms with E-state index in [4.69, 9.17) is 4.74 Å². The Bertz CT molecular complexity index is 1120. The predicted octanol–water partition coefficient (Wildman–Crippen LogP) is 6.91. The highest BCUT2D eigenvalue weighted by atomic mass is 16.5. The van der Waals surface area contributed by atoms with Crippen LogP contribution in [-0.2, 0) is 13.1 Å². The fourth-order valence-corrected chi connectivity index (χ4v) is 4.62. The van der Waals surface area contributed by atoms with Gasteiger partial charge in [-0.15, -0.1) is 10.2 Å². The van der Waals surface area contributed by atoms with Crippen molar-refractivity contribution in [2.45, 2.75) is 77.3 Å². The van der Waals surface area contributed by atoms with Crippen molar-refractivity contribution in [1.82, 2.24) is 30.0 Å². The first-order chi connectivity index (χ1) is 17.3. The Balaban J connectivity index is 1.33. The Morgan fingerprint density at radius 1 is 0.543 bits per heavy atom. The molecule has 1 aliphatic heterocycles. The lowest BCUT2D eigenvalue weighted by atomic mass is 10.1. The molecule has 0 fully saturated rings. The van der Waals surface area contributed by atoms with Crippen LogP contribution in [0.15, 0.2) is 60.9 Å². The summed E-state index contributed by atoms with van der Waals surface area (Å²) in [6, 6.07) is 16.0. The molecule has 0 atom stereocenters. The molecule has 0 radical (unpaired) electrons. The van der Waals surface area contributed by atoms with Gasteiger partial charge in [-0.25, -0.2) is 0 Å². The van der Waals surface area contributed by atoms with Crippen molar-refractivity contribution >= 4 is 0 Å². The maximum Gasteiger partial charge on any atom is 0.128 e. The lowest BCUT2D eigenvalue weighted by molar-refractivity contribution is 0.483. The van der Waals surface area contributed by atoms with Crippen molar-refractivity contribution in [3.8, 4) is 34.0 Å². The third-order valence-corrected chi connectivity index (χ3v) is 6.60. The molecule has 7 nitrogen and oxygen atoms in total. The first-order valence-electron chi connectivity index (χ1n) is 13.0. The van der Waals surface area contributed by atoms with E-state index >= 15 is 0 Å². The summed E-state index contributed by atoms with van der Waals surface area (Å²) in [6.07, 6.45) is 16.8. The molecule has 0 spiro atoms. The molecule has 8 bridgehead atoms. The van der Waals surface area contributed by atoms with Gasteiger partial charge in [-0.3, -0.25) is 9.36 Å². The predicted molar refractivity (Wildman–Crippen MR) is 137 cm³/mol. The van der Waals surface area contributed by atoms with E-state index in [0.717, 1.165) is 59.9 Å². The fraction of sp³-hybridized carbons (Fsp3) is 0.429. The van der Waals surface area contributed by atoms with Crippen molar-refractivity contribution in [2.24, 2.45) is 0 Å². The summed E-state index contributed by atoms with van der Waals surface area (Å²) in [5.74, 6) is 1.53. The molecular formula is C28H34N6O. The van der Waals surface area contributed by atoms with Crippen LogP contribution in [0.5, 0.6) is 11.5 Å². The number of aryl methyl sites for hydroxylation is 2. The summed E-state index contributed by atoms with van der Waals surface area (Å²) in [5.41, 5.74) is 3.73. The maximum atomic E-state index is 6.20. The lowest BCUT2D eigenvalue weighted by Gasteiger charge is -2.08. The Morgan fingerprint density at radius 2 is 0.971 bits per heavy atom. The van der Waals surface area contributed by atoms with E-state index in [1.165, 1.54) is 51.4 Å². The summed E-state index contributed by atoms with van der Waals surface area (Å²) in [5, 5.41) is 17.5. The van der Waals surface area contributed by atoms with Crippen LogP contribution >= 0.6 is 0 Å². The number of nitrogens with zero attached hydrogens (tertiary/aromatic N) is 6. The van der Waals surface area contributed by atoms with Gasteiger partial charge in [-0.05, 0) is 37.1 Å². The highest BCUT2D eigenvalue weighted by molar-refractivity contribution is 5.62. The minimum atomic E-state index is 0.767. The summed E-state index contributed by atoms with van der Waals surface area (Å²) in [7, 11) is 0. The van der Waals surface area contributed by atoms with Crippen LogP contribution < -0.4 is 4.74 Å². The minimum absolute atomic E-state index is 0.767. The van der Waals surface area contributed by atoms with Gasteiger partial charge in [0.25, 0.3) is 0 Å². The van der Waals surface area contributed by atoms with E-state index in [1.54, 1.807) is 0 Å². The zero-order chi connectivity index (χ0) is 23.7. The van der Waals surface area contributed by atoms with Gasteiger partial charge >= 0.3 is 0 Å². The van der Waals surface area contributed by atoms with E-state index in [-0.39, 0.29) is 0 Å². The summed E-state index contributed by atoms with van der Waals surface area (Å²) < 4.78 is 10.1. The molecule has 0 saturated heterocycles. The SMILES string of the molecule is c1cc2cc(c1)-c1cn(nn1)CCCCCCCCCCCCn1cc(nn1)-c1cccc(c1)O2. The second-order valence-electron chi connectivity index (χ2n) is 9.43. The van der Waals surface area contributed by atoms with Crippen molar-refractivity contribution in [2.75, 3.05) is 0 Å². The molecular weight excluding hydrogens is 436 g/mol. The van der Waals surface area contributed by atoms with Crippen LogP contribution in [0.1, 0.15) is 64.2 Å². The maximum absolute atomic E-state index is 6.20. The van der Waals surface area contributed by atoms with Crippen LogP contribution in [-0.4, -0.2) is 30.0 Å². The van der Waals surface area contributed by atoms with Crippen LogP contribution in [0, 0.1) is 0 Å². The van der Waals surface area contributed by atoms with E-state index < -0.39 is 0 Å². The molecule has 0 aliphatic carbocycles. The molecule has 2 aromatic heterocycles. The van der Waals surface area contributed by atoms with Gasteiger partial charge < -0.3 is 4.74 Å². The molecule has 0 unspecified atom stereocenters. The largest absolute Gasteiger partial charge is 0.457 e. The molecule has 2 aromatic carbocycles. The molecule has 4 aromatic rings. The van der Waals surface area contributed by atoms with E-state index in [0.29, 0.717) is 0 Å². The third kappa shape index (κ3) is 6.56.